The molecule has 1 aromatic heterocycles. The molecule has 1 unspecified atom stereocenters. The molecule has 44 heavy (non-hydrogen) atoms. The van der Waals surface area contributed by atoms with Gasteiger partial charge >= 0.3 is 0 Å². The molecule has 210 valence electrons. The highest BCUT2D eigenvalue weighted by Gasteiger charge is 2.24. The number of hydrogen-bond donors (Lipinski definition) is 0. The minimum Gasteiger partial charge on any atom is -0.456 e. The predicted molar refractivity (Wildman–Crippen MR) is 184 cm³/mol. The Labute approximate surface area is 256 Å². The fourth-order valence-corrected chi connectivity index (χ4v) is 6.24. The minimum absolute atomic E-state index is 0.0729. The lowest BCUT2D eigenvalue weighted by Crippen LogP contribution is -2.15. The van der Waals surface area contributed by atoms with Crippen molar-refractivity contribution in [2.24, 2.45) is 15.9 Å². The molecule has 6 aromatic carbocycles. The quantitative estimate of drug-likeness (QED) is 0.209. The van der Waals surface area contributed by atoms with Crippen molar-refractivity contribution >= 4 is 50.0 Å². The molecule has 0 aliphatic carbocycles. The number of fused-ring (bicyclic) bond motifs is 4. The first-order chi connectivity index (χ1) is 21.6. The number of para-hydroxylation sites is 1. The van der Waals surface area contributed by atoms with Crippen LogP contribution in [0.2, 0.25) is 0 Å². The van der Waals surface area contributed by atoms with Crippen LogP contribution < -0.4 is 0 Å². The standard InChI is InChI=1S/C41H30N2O/c1-26-27(2)40(31-19-16-29(17-20-31)33-21-18-28-10-6-7-13-32(28)24-33)43-41(42-39(26)30-11-4-3-5-12-30)34-22-23-36-35-14-8-9-15-37(35)44-38(36)25-34/h3-26H,1-2H3. The Balaban J connectivity index is 1.25. The van der Waals surface area contributed by atoms with E-state index < -0.39 is 0 Å². The number of rotatable bonds is 4. The van der Waals surface area contributed by atoms with Gasteiger partial charge in [-0.3, -0.25) is 0 Å². The van der Waals surface area contributed by atoms with Crippen LogP contribution in [0, 0.1) is 5.92 Å². The van der Waals surface area contributed by atoms with Gasteiger partial charge in [-0.2, -0.15) is 0 Å². The van der Waals surface area contributed by atoms with Gasteiger partial charge in [-0.15, -0.1) is 0 Å². The molecular weight excluding hydrogens is 536 g/mol. The highest BCUT2D eigenvalue weighted by molar-refractivity contribution is 6.17. The third-order valence-corrected chi connectivity index (χ3v) is 8.82. The summed E-state index contributed by atoms with van der Waals surface area (Å²) in [5.74, 6) is 0.757. The van der Waals surface area contributed by atoms with Crippen molar-refractivity contribution in [1.82, 2.24) is 0 Å². The van der Waals surface area contributed by atoms with E-state index in [1.165, 1.54) is 27.5 Å². The average molecular weight is 567 g/mol. The Morgan fingerprint density at radius 2 is 1.16 bits per heavy atom. The van der Waals surface area contributed by atoms with Crippen LogP contribution in [0.4, 0.5) is 0 Å². The summed E-state index contributed by atoms with van der Waals surface area (Å²) in [6.45, 7) is 4.41. The Hall–Kier alpha value is -5.54. The van der Waals surface area contributed by atoms with Crippen LogP contribution in [-0.4, -0.2) is 11.5 Å². The van der Waals surface area contributed by atoms with E-state index in [1.807, 2.05) is 24.3 Å². The minimum atomic E-state index is 0.0729. The second-order valence-corrected chi connectivity index (χ2v) is 11.5. The number of furan rings is 1. The largest absolute Gasteiger partial charge is 0.456 e. The van der Waals surface area contributed by atoms with Gasteiger partial charge in [-0.05, 0) is 64.2 Å². The van der Waals surface area contributed by atoms with Crippen LogP contribution in [0.1, 0.15) is 30.5 Å². The molecule has 0 bridgehead atoms. The van der Waals surface area contributed by atoms with Gasteiger partial charge in [0.1, 0.15) is 11.2 Å². The monoisotopic (exact) mass is 566 g/mol. The molecule has 3 nitrogen and oxygen atoms in total. The Morgan fingerprint density at radius 1 is 0.500 bits per heavy atom. The van der Waals surface area contributed by atoms with E-state index in [1.54, 1.807) is 0 Å². The molecule has 3 heteroatoms. The lowest BCUT2D eigenvalue weighted by atomic mass is 9.89. The topological polar surface area (TPSA) is 37.9 Å². The third kappa shape index (κ3) is 4.54. The van der Waals surface area contributed by atoms with Gasteiger partial charge in [0, 0.05) is 27.8 Å². The molecule has 0 saturated carbocycles. The summed E-state index contributed by atoms with van der Waals surface area (Å²) in [6.07, 6.45) is 0. The number of aliphatic imine (C=N–C) groups is 2. The second-order valence-electron chi connectivity index (χ2n) is 11.5. The van der Waals surface area contributed by atoms with Crippen molar-refractivity contribution in [1.29, 1.82) is 0 Å². The van der Waals surface area contributed by atoms with Gasteiger partial charge in [-0.1, -0.05) is 122 Å². The molecule has 1 aliphatic heterocycles. The molecular formula is C41H30N2O. The first-order valence-electron chi connectivity index (χ1n) is 15.1. The summed E-state index contributed by atoms with van der Waals surface area (Å²) >= 11 is 0. The first kappa shape index (κ1) is 26.1. The fourth-order valence-electron chi connectivity index (χ4n) is 6.24. The van der Waals surface area contributed by atoms with Gasteiger partial charge in [0.05, 0.1) is 11.4 Å². The number of allylic oxidation sites excluding steroid dienone is 1. The van der Waals surface area contributed by atoms with E-state index in [-0.39, 0.29) is 5.92 Å². The summed E-state index contributed by atoms with van der Waals surface area (Å²) in [4.78, 5) is 10.6. The van der Waals surface area contributed by atoms with E-state index >= 15 is 0 Å². The van der Waals surface area contributed by atoms with Gasteiger partial charge < -0.3 is 4.42 Å². The van der Waals surface area contributed by atoms with Crippen LogP contribution in [-0.2, 0) is 0 Å². The molecule has 1 atom stereocenters. The maximum absolute atomic E-state index is 6.25. The van der Waals surface area contributed by atoms with Crippen molar-refractivity contribution in [2.75, 3.05) is 0 Å². The second kappa shape index (κ2) is 10.6. The molecule has 0 amide bonds. The molecule has 0 spiro atoms. The normalized spacial score (nSPS) is 15.5. The van der Waals surface area contributed by atoms with Crippen LogP contribution in [0.25, 0.3) is 49.5 Å². The molecule has 2 heterocycles. The van der Waals surface area contributed by atoms with Crippen molar-refractivity contribution in [3.8, 4) is 11.1 Å². The Kier molecular flexibility index (Phi) is 6.31. The zero-order valence-electron chi connectivity index (χ0n) is 24.7. The summed E-state index contributed by atoms with van der Waals surface area (Å²) in [6, 6.07) is 48.8. The maximum Gasteiger partial charge on any atom is 0.160 e. The number of amidine groups is 1. The molecule has 7 aromatic rings. The predicted octanol–water partition coefficient (Wildman–Crippen LogP) is 10.7. The van der Waals surface area contributed by atoms with E-state index in [4.69, 9.17) is 14.4 Å². The fraction of sp³-hybridized carbons (Fsp3) is 0.0732. The lowest BCUT2D eigenvalue weighted by molar-refractivity contribution is 0.669. The first-order valence-corrected chi connectivity index (χ1v) is 15.1. The Morgan fingerprint density at radius 3 is 2.00 bits per heavy atom. The zero-order valence-corrected chi connectivity index (χ0v) is 24.7. The van der Waals surface area contributed by atoms with E-state index in [2.05, 4.69) is 129 Å². The van der Waals surface area contributed by atoms with Crippen LogP contribution in [0.15, 0.2) is 160 Å². The molecule has 0 fully saturated rings. The van der Waals surface area contributed by atoms with Gasteiger partial charge in [0.2, 0.25) is 0 Å². The molecule has 0 radical (unpaired) electrons. The summed E-state index contributed by atoms with van der Waals surface area (Å²) in [5.41, 5.74) is 10.4. The van der Waals surface area contributed by atoms with Crippen LogP contribution in [0.3, 0.4) is 0 Å². The highest BCUT2D eigenvalue weighted by atomic mass is 16.3. The molecule has 8 rings (SSSR count). The van der Waals surface area contributed by atoms with E-state index in [0.717, 1.165) is 50.0 Å². The van der Waals surface area contributed by atoms with Crippen LogP contribution in [0.5, 0.6) is 0 Å². The zero-order chi connectivity index (χ0) is 29.6. The lowest BCUT2D eigenvalue weighted by Gasteiger charge is -2.16. The van der Waals surface area contributed by atoms with Gasteiger partial charge in [0.25, 0.3) is 0 Å². The number of hydrogen-bond acceptors (Lipinski definition) is 3. The SMILES string of the molecule is CC1=C(c2ccc(-c3ccc4ccccc4c3)cc2)N=C(c2ccc3c(c2)oc2ccccc23)N=C(c2ccccc2)C1C. The Bertz CT molecular complexity index is 2290. The number of benzene rings is 6. The van der Waals surface area contributed by atoms with Gasteiger partial charge in [0.15, 0.2) is 5.84 Å². The smallest absolute Gasteiger partial charge is 0.160 e. The molecule has 1 aliphatic rings. The van der Waals surface area contributed by atoms with Crippen LogP contribution >= 0.6 is 0 Å². The number of nitrogens with zero attached hydrogens (tertiary/aromatic N) is 2. The maximum atomic E-state index is 6.25. The van der Waals surface area contributed by atoms with Crippen molar-refractivity contribution < 1.29 is 4.42 Å². The van der Waals surface area contributed by atoms with Crippen molar-refractivity contribution in [2.45, 2.75) is 13.8 Å². The average Bonchev–Trinajstić information content (AvgIpc) is 3.40. The van der Waals surface area contributed by atoms with Gasteiger partial charge in [-0.25, -0.2) is 9.98 Å². The van der Waals surface area contributed by atoms with E-state index in [0.29, 0.717) is 5.84 Å². The molecule has 0 N–H and O–H groups in total. The third-order valence-electron chi connectivity index (χ3n) is 8.82. The summed E-state index contributed by atoms with van der Waals surface area (Å²) < 4.78 is 6.25. The highest BCUT2D eigenvalue weighted by Crippen LogP contribution is 2.35. The molecule has 0 saturated heterocycles. The summed E-state index contributed by atoms with van der Waals surface area (Å²) in [7, 11) is 0. The van der Waals surface area contributed by atoms with E-state index in [9.17, 15) is 0 Å². The summed E-state index contributed by atoms with van der Waals surface area (Å²) in [5, 5.41) is 4.70. The van der Waals surface area contributed by atoms with Crippen molar-refractivity contribution in [3.63, 3.8) is 0 Å². The van der Waals surface area contributed by atoms with Crippen molar-refractivity contribution in [3.05, 3.63) is 162 Å².